The molecule has 0 radical (unpaired) electrons. The highest BCUT2D eigenvalue weighted by molar-refractivity contribution is 7.20. The number of pyridine rings is 1. The molecule has 1 N–H and O–H groups in total. The highest BCUT2D eigenvalue weighted by atomic mass is 32.1. The fraction of sp³-hybridized carbons (Fsp3) is 0.280. The Morgan fingerprint density at radius 3 is 2.72 bits per heavy atom. The lowest BCUT2D eigenvalue weighted by Crippen LogP contribution is -2.22. The first-order valence-electron chi connectivity index (χ1n) is 10.8. The van der Waals surface area contributed by atoms with Crippen LogP contribution in [0.5, 0.6) is 5.88 Å². The number of aromatic nitrogens is 3. The van der Waals surface area contributed by atoms with Crippen molar-refractivity contribution in [2.45, 2.75) is 45.8 Å². The first-order chi connectivity index (χ1) is 15.6. The molecule has 5 rings (SSSR count). The largest absolute Gasteiger partial charge is 0.473 e. The van der Waals surface area contributed by atoms with Crippen LogP contribution in [-0.2, 0) is 13.2 Å². The van der Waals surface area contributed by atoms with E-state index in [1.54, 1.807) is 6.20 Å². The standard InChI is InChI=1S/C25H24N4O2S/c1-15-21-16(2)28-23(19-8-9-19)29-25(21)32-22(15)24(30)27-13-18-10-11-26-20(12-18)31-14-17-6-4-3-5-7-17/h3-7,10-12,19H,8-9,13-14H2,1-2H3,(H,27,30). The van der Waals surface area contributed by atoms with Crippen LogP contribution in [0.1, 0.15) is 56.6 Å². The molecule has 3 aromatic heterocycles. The van der Waals surface area contributed by atoms with Crippen LogP contribution in [0, 0.1) is 13.8 Å². The molecule has 1 aromatic carbocycles. The fourth-order valence-electron chi connectivity index (χ4n) is 3.73. The molecule has 1 aliphatic carbocycles. The van der Waals surface area contributed by atoms with Crippen molar-refractivity contribution < 1.29 is 9.53 Å². The van der Waals surface area contributed by atoms with E-state index in [4.69, 9.17) is 9.72 Å². The summed E-state index contributed by atoms with van der Waals surface area (Å²) in [5.41, 5.74) is 3.92. The van der Waals surface area contributed by atoms with Crippen molar-refractivity contribution in [3.05, 3.63) is 81.7 Å². The lowest BCUT2D eigenvalue weighted by Gasteiger charge is -2.08. The van der Waals surface area contributed by atoms with Gasteiger partial charge in [-0.3, -0.25) is 4.79 Å². The van der Waals surface area contributed by atoms with Crippen molar-refractivity contribution in [3.63, 3.8) is 0 Å². The van der Waals surface area contributed by atoms with E-state index in [2.05, 4.69) is 15.3 Å². The number of aryl methyl sites for hydroxylation is 2. The maximum atomic E-state index is 13.0. The summed E-state index contributed by atoms with van der Waals surface area (Å²) < 4.78 is 5.79. The van der Waals surface area contributed by atoms with E-state index < -0.39 is 0 Å². The maximum Gasteiger partial charge on any atom is 0.261 e. The van der Waals surface area contributed by atoms with Gasteiger partial charge in [0, 0.05) is 30.1 Å². The highest BCUT2D eigenvalue weighted by Gasteiger charge is 2.28. The van der Waals surface area contributed by atoms with Gasteiger partial charge in [-0.25, -0.2) is 15.0 Å². The smallest absolute Gasteiger partial charge is 0.261 e. The van der Waals surface area contributed by atoms with Crippen LogP contribution in [0.2, 0.25) is 0 Å². The van der Waals surface area contributed by atoms with Crippen LogP contribution >= 0.6 is 11.3 Å². The number of hydrogen-bond donors (Lipinski definition) is 1. The minimum absolute atomic E-state index is 0.0959. The van der Waals surface area contributed by atoms with Crippen LogP contribution < -0.4 is 10.1 Å². The van der Waals surface area contributed by atoms with Crippen molar-refractivity contribution in [1.29, 1.82) is 0 Å². The van der Waals surface area contributed by atoms with E-state index >= 15 is 0 Å². The number of benzene rings is 1. The maximum absolute atomic E-state index is 13.0. The fourth-order valence-corrected chi connectivity index (χ4v) is 4.89. The van der Waals surface area contributed by atoms with Crippen LogP contribution in [0.3, 0.4) is 0 Å². The molecule has 0 aliphatic heterocycles. The van der Waals surface area contributed by atoms with Gasteiger partial charge in [-0.2, -0.15) is 0 Å². The van der Waals surface area contributed by atoms with Gasteiger partial charge in [0.15, 0.2) is 0 Å². The second-order valence-corrected chi connectivity index (χ2v) is 9.14. The highest BCUT2D eigenvalue weighted by Crippen LogP contribution is 2.40. The van der Waals surface area contributed by atoms with E-state index in [1.807, 2.05) is 56.3 Å². The molecule has 7 heteroatoms. The Morgan fingerprint density at radius 2 is 1.94 bits per heavy atom. The Kier molecular flexibility index (Phi) is 5.57. The molecule has 1 fully saturated rings. The molecule has 6 nitrogen and oxygen atoms in total. The van der Waals surface area contributed by atoms with Crippen LogP contribution in [0.25, 0.3) is 10.2 Å². The summed E-state index contributed by atoms with van der Waals surface area (Å²) >= 11 is 1.45. The summed E-state index contributed by atoms with van der Waals surface area (Å²) in [4.78, 5) is 28.2. The molecule has 32 heavy (non-hydrogen) atoms. The number of rotatable bonds is 7. The zero-order chi connectivity index (χ0) is 22.1. The average molecular weight is 445 g/mol. The summed E-state index contributed by atoms with van der Waals surface area (Å²) in [7, 11) is 0. The van der Waals surface area contributed by atoms with Gasteiger partial charge < -0.3 is 10.1 Å². The van der Waals surface area contributed by atoms with Crippen LogP contribution in [-0.4, -0.2) is 20.9 Å². The molecule has 0 saturated heterocycles. The second-order valence-electron chi connectivity index (χ2n) is 8.14. The van der Waals surface area contributed by atoms with E-state index in [1.165, 1.54) is 11.3 Å². The predicted molar refractivity (Wildman–Crippen MR) is 125 cm³/mol. The molecular weight excluding hydrogens is 420 g/mol. The Morgan fingerprint density at radius 1 is 1.12 bits per heavy atom. The normalized spacial score (nSPS) is 13.3. The number of nitrogens with one attached hydrogen (secondary N) is 1. The molecule has 0 bridgehead atoms. The van der Waals surface area contributed by atoms with E-state index in [0.29, 0.717) is 29.8 Å². The number of thiophene rings is 1. The van der Waals surface area contributed by atoms with E-state index in [-0.39, 0.29) is 5.91 Å². The molecule has 162 valence electrons. The molecule has 1 amide bonds. The van der Waals surface area contributed by atoms with Gasteiger partial charge >= 0.3 is 0 Å². The number of carbonyl (C=O) groups excluding carboxylic acids is 1. The monoisotopic (exact) mass is 444 g/mol. The summed E-state index contributed by atoms with van der Waals surface area (Å²) in [5, 5.41) is 4.03. The second kappa shape index (κ2) is 8.67. The quantitative estimate of drug-likeness (QED) is 0.430. The predicted octanol–water partition coefficient (Wildman–Crippen LogP) is 5.09. The van der Waals surface area contributed by atoms with Crippen molar-refractivity contribution in [2.75, 3.05) is 0 Å². The number of amides is 1. The SMILES string of the molecule is Cc1nc(C2CC2)nc2sc(C(=O)NCc3ccnc(OCc4ccccc4)c3)c(C)c12. The Balaban J connectivity index is 1.27. The number of fused-ring (bicyclic) bond motifs is 1. The van der Waals surface area contributed by atoms with Gasteiger partial charge in [-0.1, -0.05) is 30.3 Å². The summed E-state index contributed by atoms with van der Waals surface area (Å²) in [6.07, 6.45) is 4.02. The topological polar surface area (TPSA) is 77.0 Å². The molecule has 1 aliphatic rings. The summed E-state index contributed by atoms with van der Waals surface area (Å²) in [6, 6.07) is 13.7. The third kappa shape index (κ3) is 4.34. The molecule has 1 saturated carbocycles. The minimum Gasteiger partial charge on any atom is -0.473 e. The van der Waals surface area contributed by atoms with Crippen LogP contribution in [0.15, 0.2) is 48.7 Å². The third-order valence-electron chi connectivity index (χ3n) is 5.62. The Bertz CT molecular complexity index is 1280. The first-order valence-corrected chi connectivity index (χ1v) is 11.6. The van der Waals surface area contributed by atoms with Crippen molar-refractivity contribution in [1.82, 2.24) is 20.3 Å². The average Bonchev–Trinajstić information content (AvgIpc) is 3.60. The van der Waals surface area contributed by atoms with Crippen molar-refractivity contribution in [2.24, 2.45) is 0 Å². The van der Waals surface area contributed by atoms with Gasteiger partial charge in [0.1, 0.15) is 17.3 Å². The first kappa shape index (κ1) is 20.6. The lowest BCUT2D eigenvalue weighted by atomic mass is 10.1. The molecule has 0 unspecified atom stereocenters. The molecular formula is C25H24N4O2S. The van der Waals surface area contributed by atoms with Crippen molar-refractivity contribution >= 4 is 27.5 Å². The zero-order valence-corrected chi connectivity index (χ0v) is 18.9. The summed E-state index contributed by atoms with van der Waals surface area (Å²) in [5.74, 6) is 1.85. The van der Waals surface area contributed by atoms with Gasteiger partial charge in [-0.15, -0.1) is 11.3 Å². The molecule has 0 spiro atoms. The van der Waals surface area contributed by atoms with Gasteiger partial charge in [0.05, 0.1) is 10.6 Å². The van der Waals surface area contributed by atoms with Crippen molar-refractivity contribution in [3.8, 4) is 5.88 Å². The number of carbonyl (C=O) groups is 1. The van der Waals surface area contributed by atoms with Gasteiger partial charge in [0.2, 0.25) is 5.88 Å². The third-order valence-corrected chi connectivity index (χ3v) is 6.80. The van der Waals surface area contributed by atoms with Gasteiger partial charge in [-0.05, 0) is 49.4 Å². The zero-order valence-electron chi connectivity index (χ0n) is 18.1. The van der Waals surface area contributed by atoms with Gasteiger partial charge in [0.25, 0.3) is 5.91 Å². The number of hydrogen-bond acceptors (Lipinski definition) is 6. The van der Waals surface area contributed by atoms with E-state index in [9.17, 15) is 4.79 Å². The molecule has 3 heterocycles. The number of nitrogens with zero attached hydrogens (tertiary/aromatic N) is 3. The Labute approximate surface area is 190 Å². The number of ether oxygens (including phenoxy) is 1. The van der Waals surface area contributed by atoms with E-state index in [0.717, 1.165) is 51.3 Å². The summed E-state index contributed by atoms with van der Waals surface area (Å²) in [6.45, 7) is 4.83. The Hall–Kier alpha value is -3.32. The molecule has 0 atom stereocenters. The minimum atomic E-state index is -0.0959. The molecule has 4 aromatic rings. The lowest BCUT2D eigenvalue weighted by molar-refractivity contribution is 0.0954. The van der Waals surface area contributed by atoms with Crippen LogP contribution in [0.4, 0.5) is 0 Å².